The molecule has 0 saturated heterocycles. The molecule has 0 saturated carbocycles. The second-order valence-electron chi connectivity index (χ2n) is 4.41. The van der Waals surface area contributed by atoms with E-state index in [2.05, 4.69) is 30.7 Å². The van der Waals surface area contributed by atoms with Crippen molar-refractivity contribution in [1.82, 2.24) is 24.7 Å². The van der Waals surface area contributed by atoms with Crippen molar-refractivity contribution in [3.63, 3.8) is 0 Å². The highest BCUT2D eigenvalue weighted by molar-refractivity contribution is 6.28. The maximum absolute atomic E-state index is 5.88. The first kappa shape index (κ1) is 14.5. The molecule has 0 aliphatic heterocycles. The van der Waals surface area contributed by atoms with Gasteiger partial charge in [0, 0.05) is 31.4 Å². The Morgan fingerprint density at radius 1 is 1.10 bits per heavy atom. The lowest BCUT2D eigenvalue weighted by molar-refractivity contribution is 0.730. The van der Waals surface area contributed by atoms with Gasteiger partial charge in [0.25, 0.3) is 0 Å². The zero-order valence-electron chi connectivity index (χ0n) is 12.0. The summed E-state index contributed by atoms with van der Waals surface area (Å²) in [5.41, 5.74) is 3.24. The number of halogens is 1. The summed E-state index contributed by atoms with van der Waals surface area (Å²) in [5, 5.41) is 10.7. The molecule has 0 aromatic carbocycles. The van der Waals surface area contributed by atoms with Crippen LogP contribution in [0.2, 0.25) is 5.28 Å². The highest BCUT2D eigenvalue weighted by atomic mass is 35.5. The van der Waals surface area contributed by atoms with Gasteiger partial charge >= 0.3 is 0 Å². The zero-order chi connectivity index (χ0) is 14.7. The topological polar surface area (TPSA) is 80.5 Å². The Morgan fingerprint density at radius 3 is 2.30 bits per heavy atom. The van der Waals surface area contributed by atoms with Crippen molar-refractivity contribution in [2.45, 2.75) is 27.3 Å². The Bertz CT molecular complexity index is 608. The van der Waals surface area contributed by atoms with E-state index in [1.165, 1.54) is 0 Å². The van der Waals surface area contributed by atoms with E-state index in [4.69, 9.17) is 11.6 Å². The molecule has 7 nitrogen and oxygen atoms in total. The normalized spacial score (nSPS) is 10.7. The van der Waals surface area contributed by atoms with Crippen LogP contribution in [0.25, 0.3) is 0 Å². The van der Waals surface area contributed by atoms with Crippen molar-refractivity contribution in [2.24, 2.45) is 7.05 Å². The Kier molecular flexibility index (Phi) is 4.39. The molecule has 2 N–H and O–H groups in total. The molecule has 20 heavy (non-hydrogen) atoms. The molecule has 2 heterocycles. The van der Waals surface area contributed by atoms with Crippen molar-refractivity contribution in [3.8, 4) is 0 Å². The number of aryl methyl sites for hydroxylation is 2. The Hall–Kier alpha value is -1.89. The van der Waals surface area contributed by atoms with Gasteiger partial charge < -0.3 is 10.6 Å². The van der Waals surface area contributed by atoms with Crippen molar-refractivity contribution in [3.05, 3.63) is 22.2 Å². The van der Waals surface area contributed by atoms with Crippen LogP contribution in [0.1, 0.15) is 23.9 Å². The van der Waals surface area contributed by atoms with Crippen molar-refractivity contribution in [1.29, 1.82) is 0 Å². The van der Waals surface area contributed by atoms with Gasteiger partial charge in [0.15, 0.2) is 0 Å². The van der Waals surface area contributed by atoms with E-state index in [-0.39, 0.29) is 5.28 Å². The molecule has 0 amide bonds. The quantitative estimate of drug-likeness (QED) is 0.877. The molecule has 0 spiro atoms. The smallest absolute Gasteiger partial charge is 0.229 e. The Balaban J connectivity index is 2.14. The van der Waals surface area contributed by atoms with Crippen LogP contribution in [0.15, 0.2) is 0 Å². The van der Waals surface area contributed by atoms with Crippen LogP contribution >= 0.6 is 11.6 Å². The monoisotopic (exact) mass is 295 g/mol. The van der Waals surface area contributed by atoms with E-state index in [0.717, 1.165) is 23.5 Å². The van der Waals surface area contributed by atoms with Crippen LogP contribution in [-0.2, 0) is 13.6 Å². The molecule has 108 valence electrons. The van der Waals surface area contributed by atoms with Crippen LogP contribution in [0.3, 0.4) is 0 Å². The van der Waals surface area contributed by atoms with Gasteiger partial charge in [0.05, 0.1) is 5.69 Å². The van der Waals surface area contributed by atoms with Crippen LogP contribution < -0.4 is 10.6 Å². The molecule has 0 fully saturated rings. The molecule has 2 aromatic rings. The van der Waals surface area contributed by atoms with Crippen LogP contribution in [0.4, 0.5) is 11.9 Å². The largest absolute Gasteiger partial charge is 0.354 e. The van der Waals surface area contributed by atoms with Gasteiger partial charge in [-0.2, -0.15) is 20.1 Å². The summed E-state index contributed by atoms with van der Waals surface area (Å²) in [5.74, 6) is 0.915. The van der Waals surface area contributed by atoms with E-state index in [0.29, 0.717) is 18.4 Å². The summed E-state index contributed by atoms with van der Waals surface area (Å²) in [7, 11) is 1.93. The zero-order valence-corrected chi connectivity index (χ0v) is 12.8. The summed E-state index contributed by atoms with van der Waals surface area (Å²) >= 11 is 5.88. The molecule has 0 radical (unpaired) electrons. The fourth-order valence-corrected chi connectivity index (χ4v) is 2.07. The first-order chi connectivity index (χ1) is 9.51. The number of aromatic nitrogens is 5. The number of hydrogen-bond donors (Lipinski definition) is 2. The fourth-order valence-electron chi connectivity index (χ4n) is 1.91. The van der Waals surface area contributed by atoms with E-state index in [1.807, 2.05) is 32.5 Å². The van der Waals surface area contributed by atoms with Gasteiger partial charge in [-0.05, 0) is 32.4 Å². The van der Waals surface area contributed by atoms with Crippen LogP contribution in [0.5, 0.6) is 0 Å². The van der Waals surface area contributed by atoms with Crippen molar-refractivity contribution >= 4 is 23.5 Å². The fraction of sp³-hybridized carbons (Fsp3) is 0.500. The van der Waals surface area contributed by atoms with Gasteiger partial charge in [0.1, 0.15) is 0 Å². The average Bonchev–Trinajstić information content (AvgIpc) is 2.61. The first-order valence-electron chi connectivity index (χ1n) is 6.39. The van der Waals surface area contributed by atoms with Gasteiger partial charge in [-0.15, -0.1) is 0 Å². The predicted octanol–water partition coefficient (Wildman–Crippen LogP) is 1.92. The average molecular weight is 296 g/mol. The third kappa shape index (κ3) is 3.16. The Labute approximate surface area is 122 Å². The predicted molar refractivity (Wildman–Crippen MR) is 79.0 cm³/mol. The summed E-state index contributed by atoms with van der Waals surface area (Å²) < 4.78 is 1.86. The maximum Gasteiger partial charge on any atom is 0.229 e. The first-order valence-corrected chi connectivity index (χ1v) is 6.77. The van der Waals surface area contributed by atoms with Crippen molar-refractivity contribution in [2.75, 3.05) is 17.2 Å². The Morgan fingerprint density at radius 2 is 1.75 bits per heavy atom. The molecule has 0 atom stereocenters. The minimum Gasteiger partial charge on any atom is -0.354 e. The summed E-state index contributed by atoms with van der Waals surface area (Å²) in [6.07, 6.45) is 0. The standard InChI is InChI=1S/C12H18ClN7/c1-5-14-11-16-10(13)17-12(18-11)15-6-9-7(2)19-20(4)8(9)3/h5-6H2,1-4H3,(H2,14,15,16,17,18). The molecule has 0 bridgehead atoms. The molecule has 0 aliphatic carbocycles. The number of hydrogen-bond acceptors (Lipinski definition) is 6. The molecule has 2 aromatic heterocycles. The highest BCUT2D eigenvalue weighted by Crippen LogP contribution is 2.15. The second-order valence-corrected chi connectivity index (χ2v) is 4.75. The molecule has 2 rings (SSSR count). The van der Waals surface area contributed by atoms with E-state index in [1.54, 1.807) is 0 Å². The SMILES string of the molecule is CCNc1nc(Cl)nc(NCc2c(C)nn(C)c2C)n1. The molecular weight excluding hydrogens is 278 g/mol. The third-order valence-corrected chi connectivity index (χ3v) is 3.19. The molecular formula is C12H18ClN7. The lowest BCUT2D eigenvalue weighted by Crippen LogP contribution is -2.09. The highest BCUT2D eigenvalue weighted by Gasteiger charge is 2.10. The number of rotatable bonds is 5. The summed E-state index contributed by atoms with van der Waals surface area (Å²) in [6, 6.07) is 0. The lowest BCUT2D eigenvalue weighted by atomic mass is 10.2. The molecule has 0 aliphatic rings. The summed E-state index contributed by atoms with van der Waals surface area (Å²) in [4.78, 5) is 12.3. The minimum atomic E-state index is 0.165. The minimum absolute atomic E-state index is 0.165. The van der Waals surface area contributed by atoms with E-state index >= 15 is 0 Å². The molecule has 8 heteroatoms. The lowest BCUT2D eigenvalue weighted by Gasteiger charge is -2.07. The van der Waals surface area contributed by atoms with Crippen molar-refractivity contribution < 1.29 is 0 Å². The maximum atomic E-state index is 5.88. The second kappa shape index (κ2) is 6.04. The van der Waals surface area contributed by atoms with Crippen LogP contribution in [-0.4, -0.2) is 31.3 Å². The number of anilines is 2. The third-order valence-electron chi connectivity index (χ3n) is 3.03. The number of nitrogens with zero attached hydrogens (tertiary/aromatic N) is 5. The molecule has 0 unspecified atom stereocenters. The van der Waals surface area contributed by atoms with Gasteiger partial charge in [0.2, 0.25) is 17.2 Å². The van der Waals surface area contributed by atoms with Crippen LogP contribution in [0, 0.1) is 13.8 Å². The van der Waals surface area contributed by atoms with Gasteiger partial charge in [-0.25, -0.2) is 0 Å². The van der Waals surface area contributed by atoms with E-state index < -0.39 is 0 Å². The summed E-state index contributed by atoms with van der Waals surface area (Å²) in [6.45, 7) is 7.29. The number of nitrogens with one attached hydrogen (secondary N) is 2. The van der Waals surface area contributed by atoms with Gasteiger partial charge in [-0.3, -0.25) is 4.68 Å². The van der Waals surface area contributed by atoms with E-state index in [9.17, 15) is 0 Å². The van der Waals surface area contributed by atoms with Gasteiger partial charge in [-0.1, -0.05) is 0 Å².